The molecule has 2 unspecified atom stereocenters. The Morgan fingerprint density at radius 3 is 2.69 bits per heavy atom. The van der Waals surface area contributed by atoms with Crippen molar-refractivity contribution in [2.24, 2.45) is 0 Å². The molecule has 0 radical (unpaired) electrons. The summed E-state index contributed by atoms with van der Waals surface area (Å²) in [5, 5.41) is 12.7. The smallest absolute Gasteiger partial charge is 0.212 e. The summed E-state index contributed by atoms with van der Waals surface area (Å²) in [6, 6.07) is 4.03. The van der Waals surface area contributed by atoms with E-state index in [0.717, 1.165) is 12.0 Å². The van der Waals surface area contributed by atoms with E-state index in [1.54, 1.807) is 19.4 Å². The molecular weight excluding hydrogens is 204 g/mol. The van der Waals surface area contributed by atoms with Crippen LogP contribution >= 0.6 is 0 Å². The molecule has 0 aliphatic heterocycles. The Morgan fingerprint density at radius 1 is 1.50 bits per heavy atom. The van der Waals surface area contributed by atoms with E-state index in [0.29, 0.717) is 11.9 Å². The number of rotatable bonds is 6. The van der Waals surface area contributed by atoms with Gasteiger partial charge in [-0.15, -0.1) is 0 Å². The van der Waals surface area contributed by atoms with Gasteiger partial charge in [-0.25, -0.2) is 4.98 Å². The van der Waals surface area contributed by atoms with Crippen molar-refractivity contribution < 1.29 is 9.84 Å². The quantitative estimate of drug-likeness (QED) is 0.769. The first kappa shape index (κ1) is 12.9. The highest BCUT2D eigenvalue weighted by Gasteiger charge is 2.12. The molecule has 0 spiro atoms. The molecule has 1 rings (SSSR count). The fourth-order valence-electron chi connectivity index (χ4n) is 1.43. The SMILES string of the molecule is CCC(C)NC(CO)c1ccc(OC)nc1. The van der Waals surface area contributed by atoms with Gasteiger partial charge in [0.15, 0.2) is 0 Å². The van der Waals surface area contributed by atoms with Gasteiger partial charge in [0.1, 0.15) is 0 Å². The average Bonchev–Trinajstić information content (AvgIpc) is 2.35. The second kappa shape index (κ2) is 6.45. The van der Waals surface area contributed by atoms with Gasteiger partial charge in [0, 0.05) is 18.3 Å². The number of methoxy groups -OCH3 is 1. The fraction of sp³-hybridized carbons (Fsp3) is 0.583. The molecule has 0 aliphatic carbocycles. The predicted octanol–water partition coefficient (Wildman–Crippen LogP) is 1.51. The van der Waals surface area contributed by atoms with E-state index in [-0.39, 0.29) is 12.6 Å². The number of aliphatic hydroxyl groups is 1. The lowest BCUT2D eigenvalue weighted by atomic mass is 10.1. The Bertz CT molecular complexity index is 300. The summed E-state index contributed by atoms with van der Waals surface area (Å²) < 4.78 is 4.99. The fourth-order valence-corrected chi connectivity index (χ4v) is 1.43. The largest absolute Gasteiger partial charge is 0.481 e. The zero-order valence-corrected chi connectivity index (χ0v) is 10.1. The van der Waals surface area contributed by atoms with Gasteiger partial charge in [0.2, 0.25) is 5.88 Å². The van der Waals surface area contributed by atoms with Crippen LogP contribution < -0.4 is 10.1 Å². The van der Waals surface area contributed by atoms with Crippen LogP contribution in [-0.4, -0.2) is 29.8 Å². The molecule has 0 saturated heterocycles. The van der Waals surface area contributed by atoms with Crippen molar-refractivity contribution in [3.05, 3.63) is 23.9 Å². The Hall–Kier alpha value is -1.13. The molecule has 0 aromatic carbocycles. The minimum absolute atomic E-state index is 0.0617. The molecule has 2 N–H and O–H groups in total. The molecule has 0 bridgehead atoms. The second-order valence-corrected chi connectivity index (χ2v) is 3.85. The van der Waals surface area contributed by atoms with Gasteiger partial charge in [0.05, 0.1) is 19.8 Å². The summed E-state index contributed by atoms with van der Waals surface area (Å²) in [4.78, 5) is 4.13. The van der Waals surface area contributed by atoms with Crippen molar-refractivity contribution in [1.82, 2.24) is 10.3 Å². The summed E-state index contributed by atoms with van der Waals surface area (Å²) in [5.41, 5.74) is 0.976. The van der Waals surface area contributed by atoms with Crippen LogP contribution in [0.3, 0.4) is 0 Å². The van der Waals surface area contributed by atoms with Gasteiger partial charge in [-0.3, -0.25) is 0 Å². The normalized spacial score (nSPS) is 14.5. The molecule has 0 saturated carbocycles. The molecule has 0 fully saturated rings. The monoisotopic (exact) mass is 224 g/mol. The Kier molecular flexibility index (Phi) is 5.22. The zero-order chi connectivity index (χ0) is 12.0. The number of ether oxygens (including phenoxy) is 1. The van der Waals surface area contributed by atoms with Crippen LogP contribution in [0.25, 0.3) is 0 Å². The first-order chi connectivity index (χ1) is 7.71. The summed E-state index contributed by atoms with van der Waals surface area (Å²) in [5.74, 6) is 0.587. The highest BCUT2D eigenvalue weighted by Crippen LogP contribution is 2.15. The molecule has 4 nitrogen and oxygen atoms in total. The third-order valence-electron chi connectivity index (χ3n) is 2.65. The summed E-state index contributed by atoms with van der Waals surface area (Å²) >= 11 is 0. The van der Waals surface area contributed by atoms with Crippen LogP contribution in [0.2, 0.25) is 0 Å². The maximum absolute atomic E-state index is 9.33. The number of aliphatic hydroxyl groups excluding tert-OH is 1. The van der Waals surface area contributed by atoms with E-state index >= 15 is 0 Å². The van der Waals surface area contributed by atoms with Gasteiger partial charge in [-0.2, -0.15) is 0 Å². The lowest BCUT2D eigenvalue weighted by molar-refractivity contribution is 0.233. The molecule has 1 aromatic heterocycles. The standard InChI is InChI=1S/C12H20N2O2/c1-4-9(2)14-11(8-15)10-5-6-12(16-3)13-7-10/h5-7,9,11,14-15H,4,8H2,1-3H3. The number of pyridine rings is 1. The Balaban J connectivity index is 2.70. The summed E-state index contributed by atoms with van der Waals surface area (Å²) in [7, 11) is 1.59. The van der Waals surface area contributed by atoms with Crippen molar-refractivity contribution >= 4 is 0 Å². The summed E-state index contributed by atoms with van der Waals surface area (Å²) in [6.07, 6.45) is 2.76. The molecular formula is C12H20N2O2. The van der Waals surface area contributed by atoms with Crippen LogP contribution in [0.15, 0.2) is 18.3 Å². The van der Waals surface area contributed by atoms with E-state index in [1.165, 1.54) is 0 Å². The predicted molar refractivity (Wildman–Crippen MR) is 63.5 cm³/mol. The minimum Gasteiger partial charge on any atom is -0.481 e. The van der Waals surface area contributed by atoms with Crippen LogP contribution in [0.5, 0.6) is 5.88 Å². The molecule has 0 aliphatic rings. The average molecular weight is 224 g/mol. The van der Waals surface area contributed by atoms with Crippen LogP contribution in [0, 0.1) is 0 Å². The first-order valence-corrected chi connectivity index (χ1v) is 5.58. The third kappa shape index (κ3) is 3.47. The van der Waals surface area contributed by atoms with Crippen molar-refractivity contribution in [3.63, 3.8) is 0 Å². The number of aromatic nitrogens is 1. The zero-order valence-electron chi connectivity index (χ0n) is 10.1. The van der Waals surface area contributed by atoms with E-state index in [9.17, 15) is 5.11 Å². The minimum atomic E-state index is -0.0617. The number of nitrogens with zero attached hydrogens (tertiary/aromatic N) is 1. The molecule has 1 heterocycles. The van der Waals surface area contributed by atoms with Crippen LogP contribution in [-0.2, 0) is 0 Å². The highest BCUT2D eigenvalue weighted by molar-refractivity contribution is 5.20. The second-order valence-electron chi connectivity index (χ2n) is 3.85. The highest BCUT2D eigenvalue weighted by atomic mass is 16.5. The molecule has 1 aromatic rings. The van der Waals surface area contributed by atoms with Gasteiger partial charge in [-0.1, -0.05) is 13.0 Å². The lowest BCUT2D eigenvalue weighted by Gasteiger charge is -2.20. The van der Waals surface area contributed by atoms with Crippen molar-refractivity contribution in [2.75, 3.05) is 13.7 Å². The Labute approximate surface area is 96.7 Å². The van der Waals surface area contributed by atoms with Gasteiger partial charge in [0.25, 0.3) is 0 Å². The van der Waals surface area contributed by atoms with Gasteiger partial charge < -0.3 is 15.2 Å². The molecule has 4 heteroatoms. The number of nitrogens with one attached hydrogen (secondary N) is 1. The van der Waals surface area contributed by atoms with E-state index < -0.39 is 0 Å². The van der Waals surface area contributed by atoms with Crippen LogP contribution in [0.1, 0.15) is 31.9 Å². The van der Waals surface area contributed by atoms with E-state index in [1.807, 2.05) is 6.07 Å². The topological polar surface area (TPSA) is 54.4 Å². The Morgan fingerprint density at radius 2 is 2.25 bits per heavy atom. The first-order valence-electron chi connectivity index (χ1n) is 5.58. The van der Waals surface area contributed by atoms with Crippen molar-refractivity contribution in [3.8, 4) is 5.88 Å². The number of hydrogen-bond acceptors (Lipinski definition) is 4. The van der Waals surface area contributed by atoms with E-state index in [4.69, 9.17) is 4.74 Å². The number of hydrogen-bond donors (Lipinski definition) is 2. The van der Waals surface area contributed by atoms with Gasteiger partial charge >= 0.3 is 0 Å². The lowest BCUT2D eigenvalue weighted by Crippen LogP contribution is -2.32. The molecule has 90 valence electrons. The van der Waals surface area contributed by atoms with E-state index in [2.05, 4.69) is 24.1 Å². The molecule has 2 atom stereocenters. The van der Waals surface area contributed by atoms with Crippen molar-refractivity contribution in [2.45, 2.75) is 32.4 Å². The van der Waals surface area contributed by atoms with Crippen molar-refractivity contribution in [1.29, 1.82) is 0 Å². The summed E-state index contributed by atoms with van der Waals surface area (Å²) in [6.45, 7) is 4.27. The van der Waals surface area contributed by atoms with Crippen LogP contribution in [0.4, 0.5) is 0 Å². The maximum Gasteiger partial charge on any atom is 0.212 e. The van der Waals surface area contributed by atoms with Gasteiger partial charge in [-0.05, 0) is 18.9 Å². The third-order valence-corrected chi connectivity index (χ3v) is 2.65. The molecule has 0 amide bonds. The maximum atomic E-state index is 9.33. The molecule has 16 heavy (non-hydrogen) atoms.